The standard InChI is InChI=1S/C9H6N2O3/c12-8-7-5(4-10-11-8)2-1-3-6(7)9(13)14/h1-4H,(H,11,12)(H,13,14). The average Bonchev–Trinajstić information content (AvgIpc) is 2.17. The van der Waals surface area contributed by atoms with Gasteiger partial charge in [-0.2, -0.15) is 5.10 Å². The third-order valence-corrected chi connectivity index (χ3v) is 1.92. The zero-order chi connectivity index (χ0) is 10.1. The van der Waals surface area contributed by atoms with Gasteiger partial charge < -0.3 is 5.11 Å². The lowest BCUT2D eigenvalue weighted by atomic mass is 10.1. The van der Waals surface area contributed by atoms with Crippen LogP contribution in [0.4, 0.5) is 0 Å². The van der Waals surface area contributed by atoms with E-state index in [-0.39, 0.29) is 10.9 Å². The Balaban J connectivity index is 2.99. The van der Waals surface area contributed by atoms with Gasteiger partial charge in [0, 0.05) is 5.39 Å². The summed E-state index contributed by atoms with van der Waals surface area (Å²) in [4.78, 5) is 22.1. The molecule has 14 heavy (non-hydrogen) atoms. The predicted octanol–water partition coefficient (Wildman–Crippen LogP) is 0.621. The lowest BCUT2D eigenvalue weighted by molar-refractivity contribution is 0.0699. The molecule has 1 heterocycles. The molecule has 1 aromatic carbocycles. The van der Waals surface area contributed by atoms with Gasteiger partial charge >= 0.3 is 5.97 Å². The Labute approximate surface area is 78.0 Å². The molecule has 0 atom stereocenters. The van der Waals surface area contributed by atoms with E-state index in [4.69, 9.17) is 5.11 Å². The topological polar surface area (TPSA) is 83.0 Å². The van der Waals surface area contributed by atoms with E-state index in [0.29, 0.717) is 5.39 Å². The quantitative estimate of drug-likeness (QED) is 0.690. The van der Waals surface area contributed by atoms with E-state index in [0.717, 1.165) is 0 Å². The number of nitrogens with zero attached hydrogens (tertiary/aromatic N) is 1. The van der Waals surface area contributed by atoms with Gasteiger partial charge in [0.15, 0.2) is 0 Å². The van der Waals surface area contributed by atoms with E-state index in [1.807, 2.05) is 0 Å². The van der Waals surface area contributed by atoms with Gasteiger partial charge in [0.25, 0.3) is 5.56 Å². The van der Waals surface area contributed by atoms with Crippen molar-refractivity contribution in [1.29, 1.82) is 0 Å². The molecule has 0 unspecified atom stereocenters. The van der Waals surface area contributed by atoms with E-state index in [1.165, 1.54) is 12.3 Å². The fourth-order valence-electron chi connectivity index (χ4n) is 1.33. The average molecular weight is 190 g/mol. The van der Waals surface area contributed by atoms with Crippen LogP contribution in [-0.4, -0.2) is 21.3 Å². The molecule has 0 saturated heterocycles. The molecule has 1 aromatic heterocycles. The maximum absolute atomic E-state index is 11.3. The minimum absolute atomic E-state index is 0.00819. The van der Waals surface area contributed by atoms with Crippen LogP contribution >= 0.6 is 0 Å². The molecule has 0 aliphatic heterocycles. The van der Waals surface area contributed by atoms with Crippen molar-refractivity contribution in [2.45, 2.75) is 0 Å². The van der Waals surface area contributed by atoms with Gasteiger partial charge in [-0.15, -0.1) is 0 Å². The van der Waals surface area contributed by atoms with E-state index in [2.05, 4.69) is 10.2 Å². The number of carbonyl (C=O) groups is 1. The Morgan fingerprint density at radius 2 is 2.21 bits per heavy atom. The number of H-pyrrole nitrogens is 1. The predicted molar refractivity (Wildman–Crippen MR) is 49.3 cm³/mol. The lowest BCUT2D eigenvalue weighted by Crippen LogP contribution is -2.12. The van der Waals surface area contributed by atoms with Gasteiger partial charge in [-0.05, 0) is 6.07 Å². The molecular formula is C9H6N2O3. The van der Waals surface area contributed by atoms with E-state index in [9.17, 15) is 9.59 Å². The number of hydrogen-bond acceptors (Lipinski definition) is 3. The molecule has 2 N–H and O–H groups in total. The summed E-state index contributed by atoms with van der Waals surface area (Å²) in [5.41, 5.74) is -0.494. The largest absolute Gasteiger partial charge is 0.478 e. The highest BCUT2D eigenvalue weighted by molar-refractivity contribution is 6.02. The van der Waals surface area contributed by atoms with E-state index >= 15 is 0 Å². The lowest BCUT2D eigenvalue weighted by Gasteiger charge is -1.98. The van der Waals surface area contributed by atoms with Crippen molar-refractivity contribution < 1.29 is 9.90 Å². The summed E-state index contributed by atoms with van der Waals surface area (Å²) in [6.07, 6.45) is 1.42. The summed E-state index contributed by atoms with van der Waals surface area (Å²) < 4.78 is 0. The van der Waals surface area contributed by atoms with E-state index in [1.54, 1.807) is 12.1 Å². The highest BCUT2D eigenvalue weighted by Gasteiger charge is 2.10. The molecule has 0 aliphatic carbocycles. The smallest absolute Gasteiger partial charge is 0.336 e. The SMILES string of the molecule is O=C(O)c1cccc2cn[nH]c(=O)c12. The second-order valence-corrected chi connectivity index (χ2v) is 2.77. The van der Waals surface area contributed by atoms with Gasteiger partial charge in [0.1, 0.15) is 0 Å². The monoisotopic (exact) mass is 190 g/mol. The number of aromatic carboxylic acids is 1. The zero-order valence-electron chi connectivity index (χ0n) is 7.02. The van der Waals surface area contributed by atoms with Crippen molar-refractivity contribution in [2.24, 2.45) is 0 Å². The number of fused-ring (bicyclic) bond motifs is 1. The third kappa shape index (κ3) is 1.15. The number of aromatic nitrogens is 2. The fraction of sp³-hybridized carbons (Fsp3) is 0. The molecule has 5 heteroatoms. The van der Waals surface area contributed by atoms with Crippen LogP contribution in [0.15, 0.2) is 29.2 Å². The van der Waals surface area contributed by atoms with Crippen LogP contribution in [-0.2, 0) is 0 Å². The Kier molecular flexibility index (Phi) is 1.78. The van der Waals surface area contributed by atoms with Crippen LogP contribution < -0.4 is 5.56 Å². The molecule has 0 bridgehead atoms. The number of nitrogens with one attached hydrogen (secondary N) is 1. The normalized spacial score (nSPS) is 10.3. The number of rotatable bonds is 1. The maximum atomic E-state index is 11.3. The van der Waals surface area contributed by atoms with Gasteiger partial charge in [0.05, 0.1) is 17.1 Å². The molecular weight excluding hydrogens is 184 g/mol. The van der Waals surface area contributed by atoms with Crippen LogP contribution in [0.1, 0.15) is 10.4 Å². The Bertz CT molecular complexity index is 554. The summed E-state index contributed by atoms with van der Waals surface area (Å²) in [7, 11) is 0. The molecule has 0 radical (unpaired) electrons. The van der Waals surface area contributed by atoms with Crippen molar-refractivity contribution >= 4 is 16.7 Å². The van der Waals surface area contributed by atoms with Crippen LogP contribution in [0.5, 0.6) is 0 Å². The first-order valence-electron chi connectivity index (χ1n) is 3.90. The first-order chi connectivity index (χ1) is 6.70. The highest BCUT2D eigenvalue weighted by atomic mass is 16.4. The Morgan fingerprint density at radius 3 is 2.93 bits per heavy atom. The zero-order valence-corrected chi connectivity index (χ0v) is 7.02. The number of aromatic amines is 1. The summed E-state index contributed by atoms with van der Waals surface area (Å²) in [6, 6.07) is 4.61. The minimum atomic E-state index is -1.12. The number of carboxylic acids is 1. The van der Waals surface area contributed by atoms with Gasteiger partial charge in [-0.1, -0.05) is 12.1 Å². The van der Waals surface area contributed by atoms with Crippen molar-refractivity contribution in [3.63, 3.8) is 0 Å². The van der Waals surface area contributed by atoms with Crippen LogP contribution in [0.3, 0.4) is 0 Å². The molecule has 2 rings (SSSR count). The highest BCUT2D eigenvalue weighted by Crippen LogP contribution is 2.12. The van der Waals surface area contributed by atoms with Gasteiger partial charge in [0.2, 0.25) is 0 Å². The van der Waals surface area contributed by atoms with Crippen molar-refractivity contribution in [1.82, 2.24) is 10.2 Å². The van der Waals surface area contributed by atoms with Gasteiger partial charge in [-0.3, -0.25) is 4.79 Å². The first kappa shape index (κ1) is 8.43. The molecule has 0 amide bonds. The second kappa shape index (κ2) is 2.95. The molecule has 0 saturated carbocycles. The number of benzene rings is 1. The molecule has 5 nitrogen and oxygen atoms in total. The number of carboxylic acid groups (broad SMARTS) is 1. The van der Waals surface area contributed by atoms with E-state index < -0.39 is 11.5 Å². The first-order valence-corrected chi connectivity index (χ1v) is 3.90. The molecule has 2 aromatic rings. The Morgan fingerprint density at radius 1 is 1.43 bits per heavy atom. The van der Waals surface area contributed by atoms with Crippen molar-refractivity contribution in [2.75, 3.05) is 0 Å². The van der Waals surface area contributed by atoms with Crippen LogP contribution in [0, 0.1) is 0 Å². The van der Waals surface area contributed by atoms with Crippen LogP contribution in [0.25, 0.3) is 10.8 Å². The van der Waals surface area contributed by atoms with Crippen molar-refractivity contribution in [3.05, 3.63) is 40.3 Å². The molecule has 0 fully saturated rings. The summed E-state index contributed by atoms with van der Waals surface area (Å²) in [5, 5.41) is 15.3. The number of hydrogen-bond donors (Lipinski definition) is 2. The minimum Gasteiger partial charge on any atom is -0.478 e. The van der Waals surface area contributed by atoms with Gasteiger partial charge in [-0.25, -0.2) is 9.89 Å². The van der Waals surface area contributed by atoms with Crippen molar-refractivity contribution in [3.8, 4) is 0 Å². The molecule has 0 aliphatic rings. The summed E-state index contributed by atoms with van der Waals surface area (Å²) in [5.74, 6) is -1.12. The third-order valence-electron chi connectivity index (χ3n) is 1.92. The fourth-order valence-corrected chi connectivity index (χ4v) is 1.33. The molecule has 0 spiro atoms. The molecule has 70 valence electrons. The summed E-state index contributed by atoms with van der Waals surface area (Å²) in [6.45, 7) is 0. The Hall–Kier alpha value is -2.17. The maximum Gasteiger partial charge on any atom is 0.336 e. The second-order valence-electron chi connectivity index (χ2n) is 2.77. The van der Waals surface area contributed by atoms with Crippen LogP contribution in [0.2, 0.25) is 0 Å². The summed E-state index contributed by atoms with van der Waals surface area (Å²) >= 11 is 0.